The van der Waals surface area contributed by atoms with Gasteiger partial charge in [0.1, 0.15) is 0 Å². The summed E-state index contributed by atoms with van der Waals surface area (Å²) >= 11 is 6.11. The molecule has 0 heterocycles. The van der Waals surface area contributed by atoms with Crippen molar-refractivity contribution in [2.45, 2.75) is 16.7 Å². The van der Waals surface area contributed by atoms with E-state index in [0.29, 0.717) is 37.9 Å². The summed E-state index contributed by atoms with van der Waals surface area (Å²) in [4.78, 5) is 43.0. The first-order valence-corrected chi connectivity index (χ1v) is 18.6. The lowest BCUT2D eigenvalue weighted by atomic mass is 10.0. The van der Waals surface area contributed by atoms with Gasteiger partial charge in [-0.2, -0.15) is 16.8 Å². The Morgan fingerprint density at radius 1 is 0.654 bits per heavy atom. The zero-order chi connectivity index (χ0) is 37.5. The second kappa shape index (κ2) is 13.8. The maximum Gasteiger partial charge on any atom is 0.294 e. The summed E-state index contributed by atoms with van der Waals surface area (Å²) in [6.45, 7) is 1.30. The molecule has 0 aliphatic heterocycles. The summed E-state index contributed by atoms with van der Waals surface area (Å²) in [5, 5.41) is 4.88. The van der Waals surface area contributed by atoms with Crippen LogP contribution in [0.25, 0.3) is 21.5 Å². The fourth-order valence-electron chi connectivity index (χ4n) is 5.86. The lowest BCUT2D eigenvalue weighted by Gasteiger charge is -2.26. The number of carbonyl (C=O) groups is 3. The number of amides is 3. The van der Waals surface area contributed by atoms with Crippen LogP contribution >= 0.6 is 11.6 Å². The van der Waals surface area contributed by atoms with Gasteiger partial charge in [-0.1, -0.05) is 54.1 Å². The largest absolute Gasteiger partial charge is 0.322 e. The molecule has 3 N–H and O–H groups in total. The predicted octanol–water partition coefficient (Wildman–Crippen LogP) is 7.35. The summed E-state index contributed by atoms with van der Waals surface area (Å²) in [5.41, 5.74) is 1.32. The van der Waals surface area contributed by atoms with Crippen LogP contribution in [-0.4, -0.2) is 50.7 Å². The lowest BCUT2D eigenvalue weighted by molar-refractivity contribution is -0.115. The second-order valence-electron chi connectivity index (χ2n) is 11.7. The van der Waals surface area contributed by atoms with Crippen molar-refractivity contribution in [2.24, 2.45) is 0 Å². The van der Waals surface area contributed by atoms with Crippen LogP contribution in [0.15, 0.2) is 125 Å². The summed E-state index contributed by atoms with van der Waals surface area (Å²) in [5.74, 6) is -1.60. The highest BCUT2D eigenvalue weighted by Crippen LogP contribution is 2.37. The molecule has 15 heteroatoms. The van der Waals surface area contributed by atoms with Crippen molar-refractivity contribution in [3.63, 3.8) is 0 Å². The van der Waals surface area contributed by atoms with Crippen molar-refractivity contribution in [3.8, 4) is 0 Å². The zero-order valence-electron chi connectivity index (χ0n) is 27.3. The van der Waals surface area contributed by atoms with Gasteiger partial charge in [0.05, 0.1) is 26.9 Å². The van der Waals surface area contributed by atoms with E-state index in [2.05, 4.69) is 5.32 Å². The molecule has 6 rings (SSSR count). The van der Waals surface area contributed by atoms with Gasteiger partial charge in [0.25, 0.3) is 32.1 Å². The van der Waals surface area contributed by atoms with Crippen molar-refractivity contribution in [1.29, 1.82) is 0 Å². The van der Waals surface area contributed by atoms with Gasteiger partial charge in [-0.25, -0.2) is 0 Å². The Morgan fingerprint density at radius 3 is 1.77 bits per heavy atom. The lowest BCUT2D eigenvalue weighted by Crippen LogP contribution is -2.28. The first-order chi connectivity index (χ1) is 24.5. The van der Waals surface area contributed by atoms with Crippen LogP contribution in [0.4, 0.5) is 22.7 Å². The van der Waals surface area contributed by atoms with E-state index >= 15 is 0 Å². The number of carbonyl (C=O) groups excluding carboxylic acids is 3. The third-order valence-electron chi connectivity index (χ3n) is 8.24. The van der Waals surface area contributed by atoms with E-state index in [0.717, 1.165) is 0 Å². The van der Waals surface area contributed by atoms with Gasteiger partial charge < -0.3 is 10.2 Å². The van der Waals surface area contributed by atoms with Crippen molar-refractivity contribution < 1.29 is 40.3 Å². The van der Waals surface area contributed by atoms with Crippen molar-refractivity contribution in [3.05, 3.63) is 131 Å². The molecule has 52 heavy (non-hydrogen) atoms. The van der Waals surface area contributed by atoms with Crippen LogP contribution < -0.4 is 15.1 Å². The topological polar surface area (TPSA) is 178 Å². The molecule has 264 valence electrons. The Labute approximate surface area is 303 Å². The van der Waals surface area contributed by atoms with Crippen LogP contribution in [0.5, 0.6) is 0 Å². The van der Waals surface area contributed by atoms with E-state index in [1.165, 1.54) is 84.4 Å². The molecule has 0 aliphatic carbocycles. The van der Waals surface area contributed by atoms with Crippen molar-refractivity contribution >= 4 is 93.9 Å². The van der Waals surface area contributed by atoms with Crippen LogP contribution in [-0.2, 0) is 25.0 Å². The molecule has 0 aromatic heterocycles. The molecule has 0 atom stereocenters. The fourth-order valence-corrected chi connectivity index (χ4v) is 7.08. The van der Waals surface area contributed by atoms with E-state index in [1.54, 1.807) is 54.6 Å². The van der Waals surface area contributed by atoms with Crippen LogP contribution in [0.2, 0.25) is 5.02 Å². The molecule has 0 unspecified atom stereocenters. The Hall–Kier alpha value is -5.64. The highest BCUT2D eigenvalue weighted by molar-refractivity contribution is 7.86. The fraction of sp³-hybridized carbons (Fsp3) is 0.0541. The number of hydrogen-bond donors (Lipinski definition) is 3. The average molecular weight is 758 g/mol. The first-order valence-electron chi connectivity index (χ1n) is 15.3. The molecule has 6 aromatic rings. The molecule has 0 fully saturated rings. The molecule has 6 aromatic carbocycles. The molecule has 0 radical (unpaired) electrons. The quantitative estimate of drug-likeness (QED) is 0.134. The van der Waals surface area contributed by atoms with Gasteiger partial charge in [-0.05, 0) is 83.6 Å². The Bertz CT molecular complexity index is 2680. The maximum atomic E-state index is 14.3. The summed E-state index contributed by atoms with van der Waals surface area (Å²) in [6.07, 6.45) is 0. The predicted molar refractivity (Wildman–Crippen MR) is 199 cm³/mol. The van der Waals surface area contributed by atoms with Crippen LogP contribution in [0.1, 0.15) is 27.6 Å². The molecule has 12 nitrogen and oxygen atoms in total. The second-order valence-corrected chi connectivity index (χ2v) is 15.0. The maximum absolute atomic E-state index is 14.3. The van der Waals surface area contributed by atoms with Gasteiger partial charge in [0.2, 0.25) is 5.91 Å². The van der Waals surface area contributed by atoms with Gasteiger partial charge in [-0.3, -0.25) is 28.4 Å². The van der Waals surface area contributed by atoms with E-state index in [-0.39, 0.29) is 32.3 Å². The summed E-state index contributed by atoms with van der Waals surface area (Å²) < 4.78 is 66.3. The zero-order valence-corrected chi connectivity index (χ0v) is 29.7. The van der Waals surface area contributed by atoms with Gasteiger partial charge in [0.15, 0.2) is 0 Å². The minimum atomic E-state index is -4.52. The van der Waals surface area contributed by atoms with Gasteiger partial charge in [-0.15, -0.1) is 0 Å². The number of hydrogen-bond acceptors (Lipinski definition) is 7. The van der Waals surface area contributed by atoms with Gasteiger partial charge >= 0.3 is 0 Å². The SMILES string of the molecule is CC(=O)N(c1cc(NC(=O)c2cccc(Cl)c2)cc(C(=O)N(C)c2cccc3cc(S(=O)(=O)O)ccc23)c1)c1cccc2cc(S(=O)(=O)O)ccc12. The molecule has 3 amide bonds. The van der Waals surface area contributed by atoms with Gasteiger partial charge in [0, 0.05) is 46.6 Å². The molecule has 0 saturated carbocycles. The van der Waals surface area contributed by atoms with E-state index < -0.39 is 38.0 Å². The smallest absolute Gasteiger partial charge is 0.294 e. The molecule has 0 spiro atoms. The number of rotatable bonds is 8. The third-order valence-corrected chi connectivity index (χ3v) is 10.2. The standard InChI is InChI=1S/C37H28ClN3O9S2/c1-22(42)41(35-11-5-7-24-20-31(52(48,49)50)13-15-33(24)35)29-18-26(17-28(21-29)39-36(43)25-8-3-9-27(38)16-25)37(44)40(2)34-10-4-6-23-19-30(51(45,46)47)12-14-32(23)34/h3-21H,1-2H3,(H,39,43)(H,45,46,47)(H,48,49,50). The monoisotopic (exact) mass is 757 g/mol. The van der Waals surface area contributed by atoms with Crippen LogP contribution in [0, 0.1) is 0 Å². The molecular weight excluding hydrogens is 730 g/mol. The van der Waals surface area contributed by atoms with Crippen LogP contribution in [0.3, 0.4) is 0 Å². The molecule has 0 bridgehead atoms. The minimum absolute atomic E-state index is 0.0492. The molecule has 0 aliphatic rings. The summed E-state index contributed by atoms with van der Waals surface area (Å²) in [7, 11) is -7.49. The van der Waals surface area contributed by atoms with E-state index in [1.807, 2.05) is 0 Å². The number of benzene rings is 6. The van der Waals surface area contributed by atoms with Crippen molar-refractivity contribution in [2.75, 3.05) is 22.2 Å². The number of halogens is 1. The molecule has 0 saturated heterocycles. The Balaban J connectivity index is 1.49. The highest BCUT2D eigenvalue weighted by atomic mass is 35.5. The Morgan fingerprint density at radius 2 is 1.21 bits per heavy atom. The third kappa shape index (κ3) is 7.37. The number of fused-ring (bicyclic) bond motifs is 2. The Kier molecular flexibility index (Phi) is 9.61. The average Bonchev–Trinajstić information content (AvgIpc) is 3.09. The summed E-state index contributed by atoms with van der Waals surface area (Å²) in [6, 6.07) is 28.2. The normalized spacial score (nSPS) is 11.7. The minimum Gasteiger partial charge on any atom is -0.322 e. The first kappa shape index (κ1) is 36.2. The van der Waals surface area contributed by atoms with Crippen molar-refractivity contribution in [1.82, 2.24) is 0 Å². The number of nitrogens with one attached hydrogen (secondary N) is 1. The highest BCUT2D eigenvalue weighted by Gasteiger charge is 2.24. The van der Waals surface area contributed by atoms with E-state index in [4.69, 9.17) is 11.6 Å². The number of anilines is 4. The number of nitrogens with zero attached hydrogens (tertiary/aromatic N) is 2. The molecular formula is C37H28ClN3O9S2. The van der Waals surface area contributed by atoms with E-state index in [9.17, 15) is 40.3 Å².